The van der Waals surface area contributed by atoms with Crippen molar-refractivity contribution in [3.05, 3.63) is 48.5 Å². The Morgan fingerprint density at radius 3 is 1.97 bits per heavy atom. The van der Waals surface area contributed by atoms with Gasteiger partial charge in [0.2, 0.25) is 11.8 Å². The summed E-state index contributed by atoms with van der Waals surface area (Å²) in [6, 6.07) is 13.0. The molecule has 0 radical (unpaired) electrons. The number of anilines is 3. The van der Waals surface area contributed by atoms with E-state index in [1.165, 1.54) is 24.3 Å². The van der Waals surface area contributed by atoms with E-state index < -0.39 is 10.0 Å². The summed E-state index contributed by atoms with van der Waals surface area (Å²) < 4.78 is 27.9. The number of carbonyl (C=O) groups excluding carboxylic acids is 2. The number of benzene rings is 2. The van der Waals surface area contributed by atoms with Crippen molar-refractivity contribution >= 4 is 38.9 Å². The normalized spacial score (nSPS) is 14.8. The van der Waals surface area contributed by atoms with E-state index in [1.807, 2.05) is 12.1 Å². The van der Waals surface area contributed by atoms with Crippen molar-refractivity contribution in [1.29, 1.82) is 0 Å². The minimum Gasteiger partial charge on any atom is -0.372 e. The molecule has 1 N–H and O–H groups in total. The Labute approximate surface area is 171 Å². The average molecular weight is 416 g/mol. The molecule has 2 aromatic carbocycles. The van der Waals surface area contributed by atoms with Crippen LogP contribution in [0.3, 0.4) is 0 Å². The van der Waals surface area contributed by atoms with Gasteiger partial charge < -0.3 is 4.90 Å². The first-order valence-electron chi connectivity index (χ1n) is 9.69. The topological polar surface area (TPSA) is 86.8 Å². The summed E-state index contributed by atoms with van der Waals surface area (Å²) in [6.45, 7) is 5.87. The lowest BCUT2D eigenvalue weighted by Crippen LogP contribution is -2.40. The molecule has 0 bridgehead atoms. The highest BCUT2D eigenvalue weighted by atomic mass is 32.2. The molecule has 7 nitrogen and oxygen atoms in total. The van der Waals surface area contributed by atoms with E-state index in [0.717, 1.165) is 23.7 Å². The van der Waals surface area contributed by atoms with Crippen molar-refractivity contribution in [3.8, 4) is 0 Å². The third-order valence-electron chi connectivity index (χ3n) is 4.93. The van der Waals surface area contributed by atoms with Crippen molar-refractivity contribution in [3.63, 3.8) is 0 Å². The SMILES string of the molecule is CCN(CC)c1ccc(NS(=O)(=O)c2ccc(N3C(=O)CCCC3=O)cc2)cc1. The standard InChI is InChI=1S/C21H25N3O4S/c1-3-23(4-2)17-10-8-16(9-11-17)22-29(27,28)19-14-12-18(13-15-19)24-20(25)6-5-7-21(24)26/h8-15,22H,3-7H2,1-2H3. The highest BCUT2D eigenvalue weighted by molar-refractivity contribution is 7.92. The van der Waals surface area contributed by atoms with Gasteiger partial charge in [0.1, 0.15) is 0 Å². The summed E-state index contributed by atoms with van der Waals surface area (Å²) in [4.78, 5) is 27.4. The molecule has 0 saturated carbocycles. The van der Waals surface area contributed by atoms with E-state index in [4.69, 9.17) is 0 Å². The van der Waals surface area contributed by atoms with Gasteiger partial charge in [0, 0.05) is 37.3 Å². The molecule has 0 atom stereocenters. The highest BCUT2D eigenvalue weighted by Crippen LogP contribution is 2.25. The molecule has 2 aromatic rings. The smallest absolute Gasteiger partial charge is 0.261 e. The Kier molecular flexibility index (Phi) is 6.22. The van der Waals surface area contributed by atoms with Crippen LogP contribution in [0.25, 0.3) is 0 Å². The highest BCUT2D eigenvalue weighted by Gasteiger charge is 2.27. The van der Waals surface area contributed by atoms with Gasteiger partial charge in [-0.25, -0.2) is 8.42 Å². The van der Waals surface area contributed by atoms with Crippen LogP contribution in [0.1, 0.15) is 33.1 Å². The van der Waals surface area contributed by atoms with Gasteiger partial charge in [-0.05, 0) is 68.8 Å². The third-order valence-corrected chi connectivity index (χ3v) is 6.33. The summed E-state index contributed by atoms with van der Waals surface area (Å²) in [7, 11) is -3.78. The summed E-state index contributed by atoms with van der Waals surface area (Å²) >= 11 is 0. The molecule has 1 heterocycles. The van der Waals surface area contributed by atoms with Crippen molar-refractivity contribution in [2.75, 3.05) is 27.6 Å². The van der Waals surface area contributed by atoms with Crippen LogP contribution in [0.4, 0.5) is 17.1 Å². The first-order valence-corrected chi connectivity index (χ1v) is 11.2. The Morgan fingerprint density at radius 2 is 1.45 bits per heavy atom. The van der Waals surface area contributed by atoms with E-state index in [0.29, 0.717) is 30.6 Å². The molecule has 0 aliphatic carbocycles. The van der Waals surface area contributed by atoms with E-state index in [-0.39, 0.29) is 16.7 Å². The number of carbonyl (C=O) groups is 2. The summed E-state index contributed by atoms with van der Waals surface area (Å²) in [5.41, 5.74) is 1.88. The van der Waals surface area contributed by atoms with Crippen LogP contribution >= 0.6 is 0 Å². The Morgan fingerprint density at radius 1 is 0.897 bits per heavy atom. The third kappa shape index (κ3) is 4.59. The largest absolute Gasteiger partial charge is 0.372 e. The fourth-order valence-electron chi connectivity index (χ4n) is 3.36. The van der Waals surface area contributed by atoms with E-state index in [2.05, 4.69) is 23.5 Å². The molecule has 0 aromatic heterocycles. The second-order valence-electron chi connectivity index (χ2n) is 6.80. The van der Waals surface area contributed by atoms with Crippen molar-refractivity contribution in [2.45, 2.75) is 38.0 Å². The predicted molar refractivity (Wildman–Crippen MR) is 114 cm³/mol. The molecule has 154 valence electrons. The molecule has 3 rings (SSSR count). The summed E-state index contributed by atoms with van der Waals surface area (Å²) in [6.07, 6.45) is 1.19. The first kappa shape index (κ1) is 20.9. The van der Waals surface area contributed by atoms with Crippen LogP contribution in [0.5, 0.6) is 0 Å². The van der Waals surface area contributed by atoms with Gasteiger partial charge in [0.15, 0.2) is 0 Å². The number of nitrogens with zero attached hydrogens (tertiary/aromatic N) is 2. The zero-order valence-corrected chi connectivity index (χ0v) is 17.4. The van der Waals surface area contributed by atoms with E-state index >= 15 is 0 Å². The minimum absolute atomic E-state index is 0.0611. The number of rotatable bonds is 7. The average Bonchev–Trinajstić information content (AvgIpc) is 2.70. The lowest BCUT2D eigenvalue weighted by molar-refractivity contribution is -0.129. The molecule has 8 heteroatoms. The molecule has 1 saturated heterocycles. The van der Waals surface area contributed by atoms with Gasteiger partial charge in [-0.1, -0.05) is 0 Å². The van der Waals surface area contributed by atoms with Crippen LogP contribution < -0.4 is 14.5 Å². The molecule has 1 fully saturated rings. The van der Waals surface area contributed by atoms with Gasteiger partial charge in [0.05, 0.1) is 10.6 Å². The molecular formula is C21H25N3O4S. The zero-order chi connectivity index (χ0) is 21.0. The van der Waals surface area contributed by atoms with E-state index in [1.54, 1.807) is 12.1 Å². The maximum absolute atomic E-state index is 12.7. The molecule has 29 heavy (non-hydrogen) atoms. The minimum atomic E-state index is -3.78. The number of hydrogen-bond donors (Lipinski definition) is 1. The number of piperidine rings is 1. The molecular weight excluding hydrogens is 390 g/mol. The summed E-state index contributed by atoms with van der Waals surface area (Å²) in [5, 5.41) is 0. The fourth-order valence-corrected chi connectivity index (χ4v) is 4.42. The Bertz CT molecular complexity index is 966. The lowest BCUT2D eigenvalue weighted by atomic mass is 10.1. The van der Waals surface area contributed by atoms with Crippen LogP contribution in [0.2, 0.25) is 0 Å². The number of nitrogens with one attached hydrogen (secondary N) is 1. The number of imide groups is 1. The van der Waals surface area contributed by atoms with Gasteiger partial charge in [-0.15, -0.1) is 0 Å². The van der Waals surface area contributed by atoms with Crippen LogP contribution in [0.15, 0.2) is 53.4 Å². The van der Waals surface area contributed by atoms with Gasteiger partial charge in [-0.3, -0.25) is 19.2 Å². The molecule has 0 unspecified atom stereocenters. The molecule has 1 aliphatic rings. The molecule has 1 aliphatic heterocycles. The zero-order valence-electron chi connectivity index (χ0n) is 16.6. The van der Waals surface area contributed by atoms with Gasteiger partial charge >= 0.3 is 0 Å². The fraction of sp³-hybridized carbons (Fsp3) is 0.333. The van der Waals surface area contributed by atoms with Gasteiger partial charge in [0.25, 0.3) is 10.0 Å². The van der Waals surface area contributed by atoms with Crippen LogP contribution in [-0.2, 0) is 19.6 Å². The molecule has 0 spiro atoms. The first-order chi connectivity index (χ1) is 13.9. The lowest BCUT2D eigenvalue weighted by Gasteiger charge is -2.25. The van der Waals surface area contributed by atoms with Crippen molar-refractivity contribution < 1.29 is 18.0 Å². The number of hydrogen-bond acceptors (Lipinski definition) is 5. The quantitative estimate of drug-likeness (QED) is 0.701. The van der Waals surface area contributed by atoms with Crippen LogP contribution in [0, 0.1) is 0 Å². The molecule has 2 amide bonds. The second kappa shape index (κ2) is 8.65. The van der Waals surface area contributed by atoms with Crippen molar-refractivity contribution in [2.24, 2.45) is 0 Å². The second-order valence-corrected chi connectivity index (χ2v) is 8.48. The number of amides is 2. The summed E-state index contributed by atoms with van der Waals surface area (Å²) in [5.74, 6) is -0.522. The van der Waals surface area contributed by atoms with E-state index in [9.17, 15) is 18.0 Å². The maximum Gasteiger partial charge on any atom is 0.261 e. The van der Waals surface area contributed by atoms with Crippen molar-refractivity contribution in [1.82, 2.24) is 0 Å². The van der Waals surface area contributed by atoms with Crippen LogP contribution in [-0.4, -0.2) is 33.3 Å². The predicted octanol–water partition coefficient (Wildman–Crippen LogP) is 3.38. The Hall–Kier alpha value is -2.87. The Balaban J connectivity index is 1.76. The monoisotopic (exact) mass is 415 g/mol. The maximum atomic E-state index is 12.7. The van der Waals surface area contributed by atoms with Gasteiger partial charge in [-0.2, -0.15) is 0 Å². The number of sulfonamides is 1.